The van der Waals surface area contributed by atoms with E-state index in [1.165, 1.54) is 0 Å². The zero-order valence-electron chi connectivity index (χ0n) is 13.8. The molecule has 128 valence electrons. The number of ether oxygens (including phenoxy) is 2. The molecule has 1 saturated heterocycles. The maximum absolute atomic E-state index is 13.2. The number of carbonyl (C=O) groups is 2. The molecule has 5 heteroatoms. The topological polar surface area (TPSA) is 55.8 Å². The van der Waals surface area contributed by atoms with Crippen LogP contribution in [0.2, 0.25) is 0 Å². The van der Waals surface area contributed by atoms with Crippen LogP contribution in [0.1, 0.15) is 44.1 Å². The lowest BCUT2D eigenvalue weighted by Gasteiger charge is -2.37. The van der Waals surface area contributed by atoms with Gasteiger partial charge in [0.1, 0.15) is 18.0 Å². The monoisotopic (exact) mass is 329 g/mol. The van der Waals surface area contributed by atoms with Gasteiger partial charge in [-0.2, -0.15) is 0 Å². The molecule has 1 aliphatic carbocycles. The summed E-state index contributed by atoms with van der Waals surface area (Å²) in [6.07, 6.45) is 5.07. The number of amides is 1. The second-order valence-corrected chi connectivity index (χ2v) is 7.07. The Labute approximate surface area is 141 Å². The molecule has 2 fully saturated rings. The van der Waals surface area contributed by atoms with Crippen molar-refractivity contribution in [2.24, 2.45) is 5.92 Å². The average molecular weight is 329 g/mol. The van der Waals surface area contributed by atoms with Gasteiger partial charge in [0.15, 0.2) is 0 Å². The van der Waals surface area contributed by atoms with Crippen molar-refractivity contribution in [1.82, 2.24) is 4.90 Å². The number of rotatable bonds is 1. The molecule has 24 heavy (non-hydrogen) atoms. The molecule has 5 nitrogen and oxygen atoms in total. The van der Waals surface area contributed by atoms with Gasteiger partial charge >= 0.3 is 5.97 Å². The third-order valence-electron chi connectivity index (χ3n) is 5.59. The highest BCUT2D eigenvalue weighted by molar-refractivity contribution is 5.88. The Hall–Kier alpha value is -2.04. The minimum Gasteiger partial charge on any atom is -0.491 e. The van der Waals surface area contributed by atoms with Crippen LogP contribution in [0.4, 0.5) is 0 Å². The molecule has 1 aromatic carbocycles. The number of fused-ring (bicyclic) bond motifs is 1. The lowest BCUT2D eigenvalue weighted by Crippen LogP contribution is -2.47. The maximum atomic E-state index is 13.2. The molecule has 0 radical (unpaired) electrons. The van der Waals surface area contributed by atoms with E-state index in [0.29, 0.717) is 19.7 Å². The van der Waals surface area contributed by atoms with Crippen LogP contribution in [0, 0.1) is 5.92 Å². The van der Waals surface area contributed by atoms with E-state index in [1.807, 2.05) is 29.2 Å². The molecule has 2 aliphatic heterocycles. The van der Waals surface area contributed by atoms with Crippen molar-refractivity contribution in [1.29, 1.82) is 0 Å². The number of esters is 1. The fraction of sp³-hybridized carbons (Fsp3) is 0.579. The smallest absolute Gasteiger partial charge is 0.307 e. The highest BCUT2D eigenvalue weighted by atomic mass is 16.6. The number of carbonyl (C=O) groups excluding carboxylic acids is 2. The predicted octanol–water partition coefficient (Wildman–Crippen LogP) is 2.67. The van der Waals surface area contributed by atoms with Gasteiger partial charge in [0, 0.05) is 12.1 Å². The molecule has 0 aromatic heterocycles. The van der Waals surface area contributed by atoms with E-state index in [4.69, 9.17) is 9.47 Å². The van der Waals surface area contributed by atoms with E-state index in [1.54, 1.807) is 0 Å². The molecule has 1 saturated carbocycles. The van der Waals surface area contributed by atoms with E-state index >= 15 is 0 Å². The molecule has 1 spiro atoms. The van der Waals surface area contributed by atoms with Gasteiger partial charge in [0.05, 0.1) is 18.9 Å². The minimum absolute atomic E-state index is 0.0445. The largest absolute Gasteiger partial charge is 0.491 e. The van der Waals surface area contributed by atoms with Gasteiger partial charge in [0.25, 0.3) is 0 Å². The van der Waals surface area contributed by atoms with Gasteiger partial charge in [0.2, 0.25) is 5.91 Å². The Bertz CT molecular complexity index is 651. The SMILES string of the molecule is O=C1CC(C(=O)N2CCOc3ccccc3C2)C2(CCCCC2)O1. The van der Waals surface area contributed by atoms with Crippen molar-refractivity contribution in [3.05, 3.63) is 29.8 Å². The Morgan fingerprint density at radius 2 is 1.96 bits per heavy atom. The second-order valence-electron chi connectivity index (χ2n) is 7.07. The zero-order valence-corrected chi connectivity index (χ0v) is 13.8. The molecule has 1 aromatic rings. The van der Waals surface area contributed by atoms with Crippen LogP contribution in [0.3, 0.4) is 0 Å². The quantitative estimate of drug-likeness (QED) is 0.743. The molecule has 4 rings (SSSR count). The summed E-state index contributed by atoms with van der Waals surface area (Å²) in [7, 11) is 0. The third kappa shape index (κ3) is 2.66. The fourth-order valence-electron chi connectivity index (χ4n) is 4.34. The normalized spacial score (nSPS) is 25.6. The highest BCUT2D eigenvalue weighted by Gasteiger charge is 2.53. The van der Waals surface area contributed by atoms with Crippen molar-refractivity contribution in [3.8, 4) is 5.75 Å². The van der Waals surface area contributed by atoms with E-state index < -0.39 is 5.60 Å². The molecule has 1 atom stereocenters. The molecule has 3 aliphatic rings. The number of benzene rings is 1. The Morgan fingerprint density at radius 3 is 2.79 bits per heavy atom. The van der Waals surface area contributed by atoms with Crippen molar-refractivity contribution < 1.29 is 19.1 Å². The Morgan fingerprint density at radius 1 is 1.17 bits per heavy atom. The molecule has 1 amide bonds. The first-order valence-electron chi connectivity index (χ1n) is 8.89. The number of hydrogen-bond donors (Lipinski definition) is 0. The summed E-state index contributed by atoms with van der Waals surface area (Å²) < 4.78 is 11.5. The van der Waals surface area contributed by atoms with Gasteiger partial charge in [-0.05, 0) is 31.7 Å². The van der Waals surface area contributed by atoms with Crippen molar-refractivity contribution in [3.63, 3.8) is 0 Å². The van der Waals surface area contributed by atoms with Crippen molar-refractivity contribution in [2.45, 2.75) is 50.7 Å². The van der Waals surface area contributed by atoms with Crippen LogP contribution in [-0.4, -0.2) is 35.5 Å². The summed E-state index contributed by atoms with van der Waals surface area (Å²) in [6.45, 7) is 1.57. The standard InChI is InChI=1S/C19H23NO4/c21-17-12-15(19(24-17)8-4-1-5-9-19)18(22)20-10-11-23-16-7-3-2-6-14(16)13-20/h2-3,6-7,15H,1,4-5,8-13H2. The van der Waals surface area contributed by atoms with Crippen molar-refractivity contribution >= 4 is 11.9 Å². The van der Waals surface area contributed by atoms with Crippen LogP contribution < -0.4 is 4.74 Å². The molecular formula is C19H23NO4. The highest BCUT2D eigenvalue weighted by Crippen LogP contribution is 2.45. The summed E-state index contributed by atoms with van der Waals surface area (Å²) in [5, 5.41) is 0. The van der Waals surface area contributed by atoms with Crippen molar-refractivity contribution in [2.75, 3.05) is 13.2 Å². The van der Waals surface area contributed by atoms with Crippen LogP contribution in [-0.2, 0) is 20.9 Å². The lowest BCUT2D eigenvalue weighted by atomic mass is 9.75. The van der Waals surface area contributed by atoms with Gasteiger partial charge in [-0.1, -0.05) is 24.6 Å². The van der Waals surface area contributed by atoms with Crippen LogP contribution >= 0.6 is 0 Å². The summed E-state index contributed by atoms with van der Waals surface area (Å²) >= 11 is 0. The van der Waals surface area contributed by atoms with E-state index in [-0.39, 0.29) is 24.2 Å². The van der Waals surface area contributed by atoms with Gasteiger partial charge in [-0.3, -0.25) is 9.59 Å². The number of nitrogens with zero attached hydrogens (tertiary/aromatic N) is 1. The van der Waals surface area contributed by atoms with E-state index in [0.717, 1.165) is 43.4 Å². The molecule has 0 N–H and O–H groups in total. The summed E-state index contributed by atoms with van der Waals surface area (Å²) in [4.78, 5) is 27.0. The Kier molecular flexibility index (Phi) is 3.94. The summed E-state index contributed by atoms with van der Waals surface area (Å²) in [5.41, 5.74) is 0.463. The third-order valence-corrected chi connectivity index (χ3v) is 5.59. The van der Waals surface area contributed by atoms with E-state index in [2.05, 4.69) is 0 Å². The van der Waals surface area contributed by atoms with Crippen LogP contribution in [0.5, 0.6) is 5.75 Å². The zero-order chi connectivity index (χ0) is 16.6. The Balaban J connectivity index is 1.57. The second kappa shape index (κ2) is 6.11. The minimum atomic E-state index is -0.556. The van der Waals surface area contributed by atoms with Gasteiger partial charge < -0.3 is 14.4 Å². The van der Waals surface area contributed by atoms with E-state index in [9.17, 15) is 9.59 Å². The molecule has 0 bridgehead atoms. The van der Waals surface area contributed by atoms with Gasteiger partial charge in [-0.15, -0.1) is 0 Å². The molecular weight excluding hydrogens is 306 g/mol. The van der Waals surface area contributed by atoms with Gasteiger partial charge in [-0.25, -0.2) is 0 Å². The lowest BCUT2D eigenvalue weighted by molar-refractivity contribution is -0.156. The molecule has 1 unspecified atom stereocenters. The molecule has 2 heterocycles. The first-order valence-corrected chi connectivity index (χ1v) is 8.89. The first kappa shape index (κ1) is 15.5. The van der Waals surface area contributed by atoms with Crippen LogP contribution in [0.15, 0.2) is 24.3 Å². The first-order chi connectivity index (χ1) is 11.7. The summed E-state index contributed by atoms with van der Waals surface area (Å²) in [5.74, 6) is 0.333. The summed E-state index contributed by atoms with van der Waals surface area (Å²) in [6, 6.07) is 7.83. The average Bonchev–Trinajstić information content (AvgIpc) is 2.78. The van der Waals surface area contributed by atoms with Crippen LogP contribution in [0.25, 0.3) is 0 Å². The predicted molar refractivity (Wildman–Crippen MR) is 87.4 cm³/mol. The number of hydrogen-bond acceptors (Lipinski definition) is 4. The fourth-order valence-corrected chi connectivity index (χ4v) is 4.34. The maximum Gasteiger partial charge on any atom is 0.307 e. The number of para-hydroxylation sites is 1.